The van der Waals surface area contributed by atoms with Crippen LogP contribution in [0.25, 0.3) is 11.3 Å². The average molecular weight is 354 g/mol. The van der Waals surface area contributed by atoms with Gasteiger partial charge in [-0.15, -0.1) is 0 Å². The fraction of sp³-hybridized carbons (Fsp3) is 0.200. The van der Waals surface area contributed by atoms with Crippen LogP contribution in [0.5, 0.6) is 0 Å². The molecule has 1 fully saturated rings. The number of halogens is 2. The fourth-order valence-corrected chi connectivity index (χ4v) is 3.34. The zero-order chi connectivity index (χ0) is 18.1. The van der Waals surface area contributed by atoms with Gasteiger partial charge in [0, 0.05) is 18.2 Å². The first kappa shape index (κ1) is 16.4. The number of carbonyl (C=O) groups is 1. The standard InChI is InChI=1S/C20H16F2N2O2/c21-15-8-6-13(7-9-15)17-12-19(26-23-17)20(25)24-10-2-5-18(24)14-3-1-4-16(22)11-14/h1,3-4,6-9,11-12,18H,2,5,10H2. The van der Waals surface area contributed by atoms with Crippen molar-refractivity contribution in [3.8, 4) is 11.3 Å². The minimum atomic E-state index is -0.344. The summed E-state index contributed by atoms with van der Waals surface area (Å²) in [7, 11) is 0. The van der Waals surface area contributed by atoms with Gasteiger partial charge in [-0.25, -0.2) is 8.78 Å². The molecule has 132 valence electrons. The van der Waals surface area contributed by atoms with Crippen molar-refractivity contribution in [3.63, 3.8) is 0 Å². The van der Waals surface area contributed by atoms with E-state index >= 15 is 0 Å². The lowest BCUT2D eigenvalue weighted by molar-refractivity contribution is 0.0693. The number of likely N-dealkylation sites (tertiary alicyclic amines) is 1. The maximum atomic E-state index is 13.5. The molecule has 3 aromatic rings. The number of benzene rings is 2. The fourth-order valence-electron chi connectivity index (χ4n) is 3.34. The van der Waals surface area contributed by atoms with E-state index < -0.39 is 0 Å². The van der Waals surface area contributed by atoms with Crippen LogP contribution in [0.3, 0.4) is 0 Å². The third kappa shape index (κ3) is 3.10. The molecular weight excluding hydrogens is 338 g/mol. The number of hydrogen-bond donors (Lipinski definition) is 0. The molecule has 1 aliphatic heterocycles. The highest BCUT2D eigenvalue weighted by atomic mass is 19.1. The van der Waals surface area contributed by atoms with Crippen molar-refractivity contribution in [3.05, 3.63) is 77.6 Å². The Morgan fingerprint density at radius 1 is 1.08 bits per heavy atom. The van der Waals surface area contributed by atoms with Crippen LogP contribution < -0.4 is 0 Å². The largest absolute Gasteiger partial charge is 0.350 e. The van der Waals surface area contributed by atoms with Gasteiger partial charge in [-0.1, -0.05) is 17.3 Å². The van der Waals surface area contributed by atoms with Crippen LogP contribution in [-0.2, 0) is 0 Å². The van der Waals surface area contributed by atoms with Gasteiger partial charge in [0.2, 0.25) is 5.76 Å². The lowest BCUT2D eigenvalue weighted by Crippen LogP contribution is -2.30. The molecule has 1 aromatic heterocycles. The number of amides is 1. The SMILES string of the molecule is O=C(c1cc(-c2ccc(F)cc2)no1)N1CCCC1c1cccc(F)c1. The van der Waals surface area contributed by atoms with E-state index in [1.54, 1.807) is 29.2 Å². The van der Waals surface area contributed by atoms with Gasteiger partial charge < -0.3 is 9.42 Å². The molecule has 0 radical (unpaired) electrons. The highest BCUT2D eigenvalue weighted by Crippen LogP contribution is 2.33. The highest BCUT2D eigenvalue weighted by molar-refractivity contribution is 5.93. The van der Waals surface area contributed by atoms with Gasteiger partial charge in [0.05, 0.1) is 6.04 Å². The maximum absolute atomic E-state index is 13.5. The Morgan fingerprint density at radius 3 is 2.65 bits per heavy atom. The molecule has 1 saturated heterocycles. The van der Waals surface area contributed by atoms with Crippen LogP contribution in [0, 0.1) is 11.6 Å². The molecule has 0 saturated carbocycles. The Morgan fingerprint density at radius 2 is 1.88 bits per heavy atom. The van der Waals surface area contributed by atoms with E-state index in [1.807, 2.05) is 6.07 Å². The van der Waals surface area contributed by atoms with Crippen LogP contribution in [0.1, 0.15) is 35.0 Å². The first-order valence-corrected chi connectivity index (χ1v) is 8.41. The summed E-state index contributed by atoms with van der Waals surface area (Å²) < 4.78 is 31.8. The van der Waals surface area contributed by atoms with Gasteiger partial charge in [0.25, 0.3) is 5.91 Å². The zero-order valence-corrected chi connectivity index (χ0v) is 13.9. The number of aromatic nitrogens is 1. The van der Waals surface area contributed by atoms with E-state index in [2.05, 4.69) is 5.16 Å². The molecule has 0 aliphatic carbocycles. The molecule has 6 heteroatoms. The molecule has 4 rings (SSSR count). The summed E-state index contributed by atoms with van der Waals surface area (Å²) in [6, 6.07) is 13.5. The molecule has 1 atom stereocenters. The molecule has 1 amide bonds. The second kappa shape index (κ2) is 6.71. The Bertz CT molecular complexity index is 937. The topological polar surface area (TPSA) is 46.3 Å². The monoisotopic (exact) mass is 354 g/mol. The van der Waals surface area contributed by atoms with Crippen LogP contribution in [0.15, 0.2) is 59.1 Å². The predicted octanol–water partition coefficient (Wildman–Crippen LogP) is 4.60. The van der Waals surface area contributed by atoms with Gasteiger partial charge >= 0.3 is 0 Å². The zero-order valence-electron chi connectivity index (χ0n) is 13.9. The van der Waals surface area contributed by atoms with Crippen molar-refractivity contribution in [1.82, 2.24) is 10.1 Å². The van der Waals surface area contributed by atoms with Crippen molar-refractivity contribution < 1.29 is 18.1 Å². The van der Waals surface area contributed by atoms with Crippen molar-refractivity contribution in [1.29, 1.82) is 0 Å². The quantitative estimate of drug-likeness (QED) is 0.691. The molecule has 1 unspecified atom stereocenters. The van der Waals surface area contributed by atoms with Gasteiger partial charge in [-0.3, -0.25) is 4.79 Å². The number of carbonyl (C=O) groups excluding carboxylic acids is 1. The normalized spacial score (nSPS) is 16.8. The molecular formula is C20H16F2N2O2. The third-order valence-electron chi connectivity index (χ3n) is 4.61. The number of rotatable bonds is 3. The van der Waals surface area contributed by atoms with E-state index in [4.69, 9.17) is 4.52 Å². The first-order chi connectivity index (χ1) is 12.6. The van der Waals surface area contributed by atoms with Crippen LogP contribution >= 0.6 is 0 Å². The molecule has 0 N–H and O–H groups in total. The lowest BCUT2D eigenvalue weighted by Gasteiger charge is -2.23. The van der Waals surface area contributed by atoms with E-state index in [9.17, 15) is 13.6 Å². The van der Waals surface area contributed by atoms with Crippen LogP contribution in [-0.4, -0.2) is 22.5 Å². The molecule has 1 aliphatic rings. The van der Waals surface area contributed by atoms with E-state index in [-0.39, 0.29) is 29.3 Å². The summed E-state index contributed by atoms with van der Waals surface area (Å²) in [5.41, 5.74) is 1.90. The second-order valence-corrected chi connectivity index (χ2v) is 6.29. The number of hydrogen-bond acceptors (Lipinski definition) is 3. The third-order valence-corrected chi connectivity index (χ3v) is 4.61. The summed E-state index contributed by atoms with van der Waals surface area (Å²) in [4.78, 5) is 14.5. The Kier molecular flexibility index (Phi) is 4.24. The minimum absolute atomic E-state index is 0.118. The van der Waals surface area contributed by atoms with Crippen LogP contribution in [0.4, 0.5) is 8.78 Å². The molecule has 2 heterocycles. The van der Waals surface area contributed by atoms with E-state index in [0.717, 1.165) is 18.4 Å². The van der Waals surface area contributed by atoms with Crippen molar-refractivity contribution >= 4 is 5.91 Å². The summed E-state index contributed by atoms with van der Waals surface area (Å²) in [6.07, 6.45) is 1.61. The van der Waals surface area contributed by atoms with Gasteiger partial charge in [0.1, 0.15) is 17.3 Å². The highest BCUT2D eigenvalue weighted by Gasteiger charge is 2.32. The summed E-state index contributed by atoms with van der Waals surface area (Å²) >= 11 is 0. The lowest BCUT2D eigenvalue weighted by atomic mass is 10.0. The maximum Gasteiger partial charge on any atom is 0.292 e. The summed E-state index contributed by atoms with van der Waals surface area (Å²) in [6.45, 7) is 0.576. The minimum Gasteiger partial charge on any atom is -0.350 e. The Labute approximate surface area is 149 Å². The summed E-state index contributed by atoms with van der Waals surface area (Å²) in [5.74, 6) is -0.825. The van der Waals surface area contributed by atoms with Crippen molar-refractivity contribution in [2.24, 2.45) is 0 Å². The number of nitrogens with zero attached hydrogens (tertiary/aromatic N) is 2. The average Bonchev–Trinajstić information content (AvgIpc) is 3.32. The molecule has 26 heavy (non-hydrogen) atoms. The molecule has 2 aromatic carbocycles. The van der Waals surface area contributed by atoms with Gasteiger partial charge in [0.15, 0.2) is 0 Å². The van der Waals surface area contributed by atoms with Crippen molar-refractivity contribution in [2.45, 2.75) is 18.9 Å². The smallest absolute Gasteiger partial charge is 0.292 e. The van der Waals surface area contributed by atoms with E-state index in [1.165, 1.54) is 24.3 Å². The van der Waals surface area contributed by atoms with Gasteiger partial charge in [-0.05, 0) is 54.8 Å². The second-order valence-electron chi connectivity index (χ2n) is 6.29. The molecule has 0 bridgehead atoms. The van der Waals surface area contributed by atoms with Crippen molar-refractivity contribution in [2.75, 3.05) is 6.54 Å². The first-order valence-electron chi connectivity index (χ1n) is 8.41. The van der Waals surface area contributed by atoms with E-state index in [0.29, 0.717) is 17.8 Å². The Balaban J connectivity index is 1.58. The van der Waals surface area contributed by atoms with Gasteiger partial charge in [-0.2, -0.15) is 0 Å². The molecule has 4 nitrogen and oxygen atoms in total. The Hall–Kier alpha value is -3.02. The molecule has 0 spiro atoms. The summed E-state index contributed by atoms with van der Waals surface area (Å²) in [5, 5.41) is 3.92. The van der Waals surface area contributed by atoms with Crippen LogP contribution in [0.2, 0.25) is 0 Å². The predicted molar refractivity (Wildman–Crippen MR) is 91.3 cm³/mol.